The van der Waals surface area contributed by atoms with Crippen molar-refractivity contribution in [3.63, 3.8) is 0 Å². The predicted molar refractivity (Wildman–Crippen MR) is 78.5 cm³/mol. The lowest BCUT2D eigenvalue weighted by molar-refractivity contribution is -0.151. The van der Waals surface area contributed by atoms with Crippen LogP contribution in [0.5, 0.6) is 0 Å². The first-order valence-electron chi connectivity index (χ1n) is 6.70. The van der Waals surface area contributed by atoms with Crippen LogP contribution in [0.3, 0.4) is 0 Å². The molecule has 0 saturated heterocycles. The lowest BCUT2D eigenvalue weighted by atomic mass is 9.74. The zero-order valence-corrected chi connectivity index (χ0v) is 12.7. The van der Waals surface area contributed by atoms with Crippen molar-refractivity contribution in [1.29, 1.82) is 0 Å². The Morgan fingerprint density at radius 2 is 1.60 bits per heavy atom. The number of nitrogens with one attached hydrogen (secondary N) is 1. The van der Waals surface area contributed by atoms with E-state index in [2.05, 4.69) is 5.32 Å². The van der Waals surface area contributed by atoms with Gasteiger partial charge in [0.1, 0.15) is 0 Å². The Kier molecular flexibility index (Phi) is 4.58. The first kappa shape index (κ1) is 16.2. The smallest absolute Gasteiger partial charge is 0.311 e. The van der Waals surface area contributed by atoms with Crippen LogP contribution in [-0.4, -0.2) is 22.5 Å². The molecule has 1 aromatic carbocycles. The molecule has 4 nitrogen and oxygen atoms in total. The molecule has 0 aliphatic rings. The van der Waals surface area contributed by atoms with E-state index in [4.69, 9.17) is 0 Å². The summed E-state index contributed by atoms with van der Waals surface area (Å²) < 4.78 is 0. The molecular weight excluding hydrogens is 254 g/mol. The monoisotopic (exact) mass is 277 g/mol. The molecule has 0 aliphatic carbocycles. The maximum Gasteiger partial charge on any atom is 0.311 e. The summed E-state index contributed by atoms with van der Waals surface area (Å²) in [5.74, 6) is -1.43. The van der Waals surface area contributed by atoms with Gasteiger partial charge < -0.3 is 10.4 Å². The molecule has 1 aromatic rings. The Morgan fingerprint density at radius 1 is 1.10 bits per heavy atom. The Labute approximate surface area is 120 Å². The Balaban J connectivity index is 2.88. The molecule has 0 radical (unpaired) electrons. The number of carbonyl (C=O) groups excluding carboxylic acids is 1. The van der Waals surface area contributed by atoms with Crippen molar-refractivity contribution in [2.24, 2.45) is 5.41 Å². The van der Waals surface area contributed by atoms with E-state index in [1.54, 1.807) is 27.7 Å². The molecule has 1 atom stereocenters. The molecule has 0 aromatic heterocycles. The third-order valence-corrected chi connectivity index (χ3v) is 4.23. The number of carboxylic acids is 1. The quantitative estimate of drug-likeness (QED) is 0.869. The second kappa shape index (κ2) is 5.65. The van der Waals surface area contributed by atoms with E-state index < -0.39 is 16.9 Å². The number of amides is 1. The number of hydrogen-bond donors (Lipinski definition) is 2. The molecule has 0 aliphatic heterocycles. The zero-order chi connectivity index (χ0) is 15.6. The van der Waals surface area contributed by atoms with E-state index in [-0.39, 0.29) is 11.8 Å². The average molecular weight is 277 g/mol. The highest BCUT2D eigenvalue weighted by atomic mass is 16.4. The molecule has 20 heavy (non-hydrogen) atoms. The van der Waals surface area contributed by atoms with Crippen LogP contribution in [0.25, 0.3) is 0 Å². The van der Waals surface area contributed by atoms with Gasteiger partial charge in [-0.05, 0) is 40.2 Å². The molecule has 0 heterocycles. The SMILES string of the molecule is CC(C(=O)NC(C)(C)C(C)(C)C(=O)O)c1ccccc1. The summed E-state index contributed by atoms with van der Waals surface area (Å²) in [5.41, 5.74) is -0.994. The number of carboxylic acid groups (broad SMARTS) is 1. The number of hydrogen-bond acceptors (Lipinski definition) is 2. The van der Waals surface area contributed by atoms with Crippen molar-refractivity contribution in [3.05, 3.63) is 35.9 Å². The summed E-state index contributed by atoms with van der Waals surface area (Å²) in [6.07, 6.45) is 0. The fourth-order valence-electron chi connectivity index (χ4n) is 1.73. The first-order valence-corrected chi connectivity index (χ1v) is 6.70. The summed E-state index contributed by atoms with van der Waals surface area (Å²) in [4.78, 5) is 23.7. The second-order valence-corrected chi connectivity index (χ2v) is 6.18. The van der Waals surface area contributed by atoms with Gasteiger partial charge in [-0.25, -0.2) is 0 Å². The Morgan fingerprint density at radius 3 is 2.05 bits per heavy atom. The van der Waals surface area contributed by atoms with E-state index in [0.717, 1.165) is 5.56 Å². The van der Waals surface area contributed by atoms with Crippen LogP contribution in [0, 0.1) is 5.41 Å². The minimum absolute atomic E-state index is 0.171. The normalized spacial score (nSPS) is 13.7. The topological polar surface area (TPSA) is 66.4 Å². The summed E-state index contributed by atoms with van der Waals surface area (Å²) in [5, 5.41) is 12.2. The lowest BCUT2D eigenvalue weighted by Gasteiger charge is -2.39. The van der Waals surface area contributed by atoms with Gasteiger partial charge in [0.05, 0.1) is 11.3 Å². The fourth-order valence-corrected chi connectivity index (χ4v) is 1.73. The van der Waals surface area contributed by atoms with Crippen LogP contribution in [-0.2, 0) is 9.59 Å². The highest BCUT2D eigenvalue weighted by Crippen LogP contribution is 2.31. The molecular formula is C16H23NO3. The fraction of sp³-hybridized carbons (Fsp3) is 0.500. The Hall–Kier alpha value is -1.84. The predicted octanol–water partition coefficient (Wildman–Crippen LogP) is 2.80. The highest BCUT2D eigenvalue weighted by Gasteiger charge is 2.44. The molecule has 0 spiro atoms. The van der Waals surface area contributed by atoms with Crippen molar-refractivity contribution in [3.8, 4) is 0 Å². The van der Waals surface area contributed by atoms with Crippen molar-refractivity contribution >= 4 is 11.9 Å². The minimum Gasteiger partial charge on any atom is -0.481 e. The maximum atomic E-state index is 12.3. The molecule has 2 N–H and O–H groups in total. The Bertz CT molecular complexity index is 492. The molecule has 1 rings (SSSR count). The van der Waals surface area contributed by atoms with Crippen LogP contribution in [0.4, 0.5) is 0 Å². The zero-order valence-electron chi connectivity index (χ0n) is 12.7. The van der Waals surface area contributed by atoms with Crippen molar-refractivity contribution < 1.29 is 14.7 Å². The molecule has 1 amide bonds. The largest absolute Gasteiger partial charge is 0.481 e. The van der Waals surface area contributed by atoms with E-state index in [1.165, 1.54) is 0 Å². The van der Waals surface area contributed by atoms with Gasteiger partial charge in [0.15, 0.2) is 0 Å². The number of carbonyl (C=O) groups is 2. The third kappa shape index (κ3) is 3.18. The van der Waals surface area contributed by atoms with Gasteiger partial charge >= 0.3 is 5.97 Å². The van der Waals surface area contributed by atoms with Crippen molar-refractivity contribution in [2.75, 3.05) is 0 Å². The van der Waals surface area contributed by atoms with Gasteiger partial charge in [0.2, 0.25) is 5.91 Å². The van der Waals surface area contributed by atoms with Gasteiger partial charge in [-0.1, -0.05) is 30.3 Å². The number of benzene rings is 1. The van der Waals surface area contributed by atoms with E-state index in [1.807, 2.05) is 37.3 Å². The summed E-state index contributed by atoms with van der Waals surface area (Å²) in [6, 6.07) is 9.43. The van der Waals surface area contributed by atoms with Gasteiger partial charge in [0.25, 0.3) is 0 Å². The lowest BCUT2D eigenvalue weighted by Crippen LogP contribution is -2.57. The van der Waals surface area contributed by atoms with E-state index in [0.29, 0.717) is 0 Å². The van der Waals surface area contributed by atoms with Gasteiger partial charge in [-0.15, -0.1) is 0 Å². The number of rotatable bonds is 5. The summed E-state index contributed by atoms with van der Waals surface area (Å²) in [6.45, 7) is 8.51. The maximum absolute atomic E-state index is 12.3. The third-order valence-electron chi connectivity index (χ3n) is 4.23. The van der Waals surface area contributed by atoms with Gasteiger partial charge in [-0.2, -0.15) is 0 Å². The average Bonchev–Trinajstić information content (AvgIpc) is 2.37. The summed E-state index contributed by atoms with van der Waals surface area (Å²) in [7, 11) is 0. The van der Waals surface area contributed by atoms with Crippen LogP contribution in [0.15, 0.2) is 30.3 Å². The molecule has 110 valence electrons. The number of aliphatic carboxylic acids is 1. The molecule has 0 bridgehead atoms. The van der Waals surface area contributed by atoms with E-state index in [9.17, 15) is 14.7 Å². The van der Waals surface area contributed by atoms with Crippen LogP contribution >= 0.6 is 0 Å². The van der Waals surface area contributed by atoms with Crippen LogP contribution in [0.1, 0.15) is 46.1 Å². The second-order valence-electron chi connectivity index (χ2n) is 6.18. The minimum atomic E-state index is -1.06. The first-order chi connectivity index (χ1) is 9.09. The standard InChI is InChI=1S/C16H23NO3/c1-11(12-9-7-6-8-10-12)13(18)17-16(4,5)15(2,3)14(19)20/h6-11H,1-5H3,(H,17,18)(H,19,20). The van der Waals surface area contributed by atoms with Gasteiger partial charge in [-0.3, -0.25) is 9.59 Å². The molecule has 4 heteroatoms. The van der Waals surface area contributed by atoms with Gasteiger partial charge in [0, 0.05) is 5.54 Å². The molecule has 0 saturated carbocycles. The molecule has 1 unspecified atom stereocenters. The van der Waals surface area contributed by atoms with Crippen LogP contribution in [0.2, 0.25) is 0 Å². The van der Waals surface area contributed by atoms with Crippen LogP contribution < -0.4 is 5.32 Å². The highest BCUT2D eigenvalue weighted by molar-refractivity contribution is 5.85. The molecule has 0 fully saturated rings. The summed E-state index contributed by atoms with van der Waals surface area (Å²) >= 11 is 0. The van der Waals surface area contributed by atoms with Crippen molar-refractivity contribution in [1.82, 2.24) is 5.32 Å². The van der Waals surface area contributed by atoms with Crippen molar-refractivity contribution in [2.45, 2.75) is 46.1 Å². The van der Waals surface area contributed by atoms with E-state index >= 15 is 0 Å².